The number of fused-ring (bicyclic) bond motifs is 1. The maximum absolute atomic E-state index is 12.7. The number of benzene rings is 1. The van der Waals surface area contributed by atoms with E-state index in [4.69, 9.17) is 0 Å². The number of carboxylic acid groups (broad SMARTS) is 1. The Hall–Kier alpha value is -2.04. The number of hydrogen-bond donors (Lipinski definition) is 1. The normalized spacial score (nSPS) is 24.8. The Morgan fingerprint density at radius 3 is 2.52 bits per heavy atom. The van der Waals surface area contributed by atoms with E-state index in [9.17, 15) is 14.7 Å². The highest BCUT2D eigenvalue weighted by atomic mass is 16.4. The molecule has 1 saturated heterocycles. The average molecular weight is 288 g/mol. The monoisotopic (exact) mass is 288 g/mol. The SMILES string of the molecule is CC1CCCN1C(=O)N1Cc2ccccc2CC1C(=O)O. The zero-order valence-electron chi connectivity index (χ0n) is 12.2. The van der Waals surface area contributed by atoms with Crippen LogP contribution in [0.5, 0.6) is 0 Å². The van der Waals surface area contributed by atoms with Crippen LogP contribution in [0.4, 0.5) is 4.79 Å². The first kappa shape index (κ1) is 13.9. The summed E-state index contributed by atoms with van der Waals surface area (Å²) in [6, 6.07) is 7.07. The van der Waals surface area contributed by atoms with Crippen LogP contribution in [-0.4, -0.2) is 45.5 Å². The van der Waals surface area contributed by atoms with Crippen molar-refractivity contribution in [3.05, 3.63) is 35.4 Å². The third kappa shape index (κ3) is 2.48. The van der Waals surface area contributed by atoms with Crippen molar-refractivity contribution >= 4 is 12.0 Å². The Labute approximate surface area is 124 Å². The number of nitrogens with zero attached hydrogens (tertiary/aromatic N) is 2. The number of carbonyl (C=O) groups is 2. The fraction of sp³-hybridized carbons (Fsp3) is 0.500. The van der Waals surface area contributed by atoms with Gasteiger partial charge in [-0.2, -0.15) is 0 Å². The summed E-state index contributed by atoms with van der Waals surface area (Å²) in [6.07, 6.45) is 2.38. The van der Waals surface area contributed by atoms with Gasteiger partial charge in [0.1, 0.15) is 6.04 Å². The van der Waals surface area contributed by atoms with E-state index in [2.05, 4.69) is 0 Å². The lowest BCUT2D eigenvalue weighted by Gasteiger charge is -2.38. The van der Waals surface area contributed by atoms with Gasteiger partial charge in [0.05, 0.1) is 0 Å². The van der Waals surface area contributed by atoms with E-state index in [0.717, 1.165) is 30.5 Å². The molecule has 2 aliphatic heterocycles. The smallest absolute Gasteiger partial charge is 0.326 e. The molecule has 1 N–H and O–H groups in total. The number of aliphatic carboxylic acids is 1. The fourth-order valence-electron chi connectivity index (χ4n) is 3.33. The number of carbonyl (C=O) groups excluding carboxylic acids is 1. The van der Waals surface area contributed by atoms with Crippen LogP contribution in [0.2, 0.25) is 0 Å². The van der Waals surface area contributed by atoms with Gasteiger partial charge in [0.15, 0.2) is 0 Å². The van der Waals surface area contributed by atoms with E-state index in [1.54, 1.807) is 0 Å². The molecule has 3 rings (SSSR count). The molecule has 0 radical (unpaired) electrons. The lowest BCUT2D eigenvalue weighted by Crippen LogP contribution is -2.54. The van der Waals surface area contributed by atoms with E-state index in [0.29, 0.717) is 13.0 Å². The molecule has 0 spiro atoms. The first-order chi connectivity index (χ1) is 10.1. The predicted octanol–water partition coefficient (Wildman–Crippen LogP) is 2.10. The molecule has 21 heavy (non-hydrogen) atoms. The molecule has 5 heteroatoms. The molecule has 2 atom stereocenters. The number of carboxylic acids is 1. The van der Waals surface area contributed by atoms with Gasteiger partial charge in [0.25, 0.3) is 0 Å². The molecule has 112 valence electrons. The number of urea groups is 1. The fourth-order valence-corrected chi connectivity index (χ4v) is 3.33. The minimum atomic E-state index is -0.926. The summed E-state index contributed by atoms with van der Waals surface area (Å²) in [6.45, 7) is 3.14. The van der Waals surface area contributed by atoms with Gasteiger partial charge < -0.3 is 14.9 Å². The van der Waals surface area contributed by atoms with E-state index in [-0.39, 0.29) is 12.1 Å². The molecule has 1 aromatic rings. The number of likely N-dealkylation sites (tertiary alicyclic amines) is 1. The van der Waals surface area contributed by atoms with Crippen LogP contribution in [0.3, 0.4) is 0 Å². The zero-order valence-corrected chi connectivity index (χ0v) is 12.2. The highest BCUT2D eigenvalue weighted by molar-refractivity contribution is 5.84. The van der Waals surface area contributed by atoms with Crippen LogP contribution in [0.15, 0.2) is 24.3 Å². The molecule has 2 heterocycles. The molecule has 1 fully saturated rings. The van der Waals surface area contributed by atoms with Gasteiger partial charge in [0, 0.05) is 25.6 Å². The Bertz CT molecular complexity index is 572. The molecule has 1 aromatic carbocycles. The molecular weight excluding hydrogens is 268 g/mol. The Kier molecular flexibility index (Phi) is 3.57. The zero-order chi connectivity index (χ0) is 15.0. The van der Waals surface area contributed by atoms with Gasteiger partial charge in [-0.1, -0.05) is 24.3 Å². The van der Waals surface area contributed by atoms with Crippen LogP contribution in [0.1, 0.15) is 30.9 Å². The first-order valence-electron chi connectivity index (χ1n) is 7.44. The summed E-state index contributed by atoms with van der Waals surface area (Å²) in [5.74, 6) is -0.926. The highest BCUT2D eigenvalue weighted by Gasteiger charge is 2.38. The molecular formula is C16H20N2O3. The quantitative estimate of drug-likeness (QED) is 0.861. The first-order valence-corrected chi connectivity index (χ1v) is 7.44. The Morgan fingerprint density at radius 1 is 1.19 bits per heavy atom. The van der Waals surface area contributed by atoms with Crippen LogP contribution in [-0.2, 0) is 17.8 Å². The molecule has 2 unspecified atom stereocenters. The molecule has 5 nitrogen and oxygen atoms in total. The summed E-state index contributed by atoms with van der Waals surface area (Å²) >= 11 is 0. The lowest BCUT2D eigenvalue weighted by atomic mass is 9.94. The molecule has 0 bridgehead atoms. The number of rotatable bonds is 1. The molecule has 0 aliphatic carbocycles. The van der Waals surface area contributed by atoms with E-state index in [1.165, 1.54) is 4.90 Å². The summed E-state index contributed by atoms with van der Waals surface area (Å²) in [4.78, 5) is 27.6. The third-order valence-corrected chi connectivity index (χ3v) is 4.58. The second-order valence-electron chi connectivity index (χ2n) is 5.92. The summed E-state index contributed by atoms with van der Waals surface area (Å²) in [5.41, 5.74) is 2.08. The number of hydrogen-bond acceptors (Lipinski definition) is 2. The summed E-state index contributed by atoms with van der Waals surface area (Å²) in [5, 5.41) is 9.48. The summed E-state index contributed by atoms with van der Waals surface area (Å²) < 4.78 is 0. The highest BCUT2D eigenvalue weighted by Crippen LogP contribution is 2.27. The van der Waals surface area contributed by atoms with E-state index < -0.39 is 12.0 Å². The average Bonchev–Trinajstić information content (AvgIpc) is 2.91. The molecule has 2 amide bonds. The Morgan fingerprint density at radius 2 is 1.90 bits per heavy atom. The van der Waals surface area contributed by atoms with Crippen molar-refractivity contribution in [1.82, 2.24) is 9.80 Å². The van der Waals surface area contributed by atoms with Gasteiger partial charge in [-0.25, -0.2) is 9.59 Å². The second-order valence-corrected chi connectivity index (χ2v) is 5.92. The van der Waals surface area contributed by atoms with Crippen LogP contribution in [0.25, 0.3) is 0 Å². The summed E-state index contributed by atoms with van der Waals surface area (Å²) in [7, 11) is 0. The van der Waals surface area contributed by atoms with Crippen LogP contribution in [0, 0.1) is 0 Å². The van der Waals surface area contributed by atoms with Gasteiger partial charge in [0.2, 0.25) is 0 Å². The van der Waals surface area contributed by atoms with Crippen molar-refractivity contribution in [2.75, 3.05) is 6.54 Å². The van der Waals surface area contributed by atoms with Crippen LogP contribution >= 0.6 is 0 Å². The molecule has 0 saturated carbocycles. The van der Waals surface area contributed by atoms with Crippen LogP contribution < -0.4 is 0 Å². The third-order valence-electron chi connectivity index (χ3n) is 4.58. The van der Waals surface area contributed by atoms with E-state index in [1.807, 2.05) is 36.1 Å². The molecule has 0 aromatic heterocycles. The van der Waals surface area contributed by atoms with Crippen molar-refractivity contribution in [2.24, 2.45) is 0 Å². The van der Waals surface area contributed by atoms with Gasteiger partial charge in [-0.05, 0) is 30.9 Å². The van der Waals surface area contributed by atoms with E-state index >= 15 is 0 Å². The van der Waals surface area contributed by atoms with Gasteiger partial charge in [-0.15, -0.1) is 0 Å². The lowest BCUT2D eigenvalue weighted by molar-refractivity contribution is -0.142. The largest absolute Gasteiger partial charge is 0.480 e. The second kappa shape index (κ2) is 5.39. The maximum Gasteiger partial charge on any atom is 0.326 e. The topological polar surface area (TPSA) is 60.9 Å². The Balaban J connectivity index is 1.89. The van der Waals surface area contributed by atoms with Crippen molar-refractivity contribution in [2.45, 2.75) is 44.8 Å². The molecule has 2 aliphatic rings. The van der Waals surface area contributed by atoms with Gasteiger partial charge in [-0.3, -0.25) is 0 Å². The van der Waals surface area contributed by atoms with Crippen molar-refractivity contribution in [3.8, 4) is 0 Å². The predicted molar refractivity (Wildman–Crippen MR) is 77.9 cm³/mol. The van der Waals surface area contributed by atoms with Crippen molar-refractivity contribution < 1.29 is 14.7 Å². The van der Waals surface area contributed by atoms with Crippen molar-refractivity contribution in [3.63, 3.8) is 0 Å². The minimum absolute atomic E-state index is 0.137. The standard InChI is InChI=1S/C16H20N2O3/c1-11-5-4-8-17(11)16(21)18-10-13-7-3-2-6-12(13)9-14(18)15(19)20/h2-3,6-7,11,14H,4-5,8-10H2,1H3,(H,19,20). The van der Waals surface area contributed by atoms with Crippen molar-refractivity contribution in [1.29, 1.82) is 0 Å². The minimum Gasteiger partial charge on any atom is -0.480 e. The number of amides is 2. The maximum atomic E-state index is 12.7. The van der Waals surface area contributed by atoms with Gasteiger partial charge >= 0.3 is 12.0 Å².